The van der Waals surface area contributed by atoms with Crippen LogP contribution in [-0.2, 0) is 21.4 Å². The highest BCUT2D eigenvalue weighted by molar-refractivity contribution is 6.08. The van der Waals surface area contributed by atoms with Crippen molar-refractivity contribution in [1.82, 2.24) is 24.5 Å². The van der Waals surface area contributed by atoms with Crippen molar-refractivity contribution in [2.24, 2.45) is 7.05 Å². The Hall–Kier alpha value is -3.92. The number of amides is 1. The lowest BCUT2D eigenvalue weighted by Crippen LogP contribution is -2.31. The SMILES string of the molecule is COC(=O)C1=C(Nc2ccc(-n3ccc(-c4cn(C)nc4C)n3)cc2)C(=O)N(CCO)C1. The summed E-state index contributed by atoms with van der Waals surface area (Å²) in [5, 5.41) is 21.2. The van der Waals surface area contributed by atoms with Gasteiger partial charge in [0, 0.05) is 37.2 Å². The van der Waals surface area contributed by atoms with E-state index in [9.17, 15) is 14.7 Å². The number of ether oxygens (including phenoxy) is 1. The summed E-state index contributed by atoms with van der Waals surface area (Å²) in [6.07, 6.45) is 3.80. The summed E-state index contributed by atoms with van der Waals surface area (Å²) in [6.45, 7) is 1.99. The monoisotopic (exact) mass is 436 g/mol. The third-order valence-corrected chi connectivity index (χ3v) is 5.23. The van der Waals surface area contributed by atoms with Crippen LogP contribution in [0.25, 0.3) is 16.9 Å². The molecule has 3 heterocycles. The van der Waals surface area contributed by atoms with E-state index in [1.807, 2.05) is 44.6 Å². The number of benzene rings is 1. The average Bonchev–Trinajstić information content (AvgIpc) is 3.47. The summed E-state index contributed by atoms with van der Waals surface area (Å²) >= 11 is 0. The summed E-state index contributed by atoms with van der Waals surface area (Å²) in [6, 6.07) is 9.25. The minimum atomic E-state index is -0.576. The largest absolute Gasteiger partial charge is 0.466 e. The van der Waals surface area contributed by atoms with Gasteiger partial charge >= 0.3 is 5.97 Å². The Balaban J connectivity index is 1.54. The molecule has 4 rings (SSSR count). The molecule has 2 aromatic heterocycles. The van der Waals surface area contributed by atoms with E-state index in [-0.39, 0.29) is 36.9 Å². The Labute approximate surface area is 184 Å². The average molecular weight is 436 g/mol. The van der Waals surface area contributed by atoms with E-state index in [2.05, 4.69) is 15.5 Å². The van der Waals surface area contributed by atoms with Crippen LogP contribution in [0.4, 0.5) is 5.69 Å². The van der Waals surface area contributed by atoms with Gasteiger partial charge in [-0.05, 0) is 37.3 Å². The molecule has 32 heavy (non-hydrogen) atoms. The van der Waals surface area contributed by atoms with Crippen molar-refractivity contribution in [2.45, 2.75) is 6.92 Å². The van der Waals surface area contributed by atoms with Gasteiger partial charge in [-0.2, -0.15) is 10.2 Å². The number of nitrogens with one attached hydrogen (secondary N) is 1. The van der Waals surface area contributed by atoms with Gasteiger partial charge in [0.1, 0.15) is 5.70 Å². The van der Waals surface area contributed by atoms with Crippen LogP contribution in [-0.4, -0.2) is 68.3 Å². The molecule has 10 heteroatoms. The van der Waals surface area contributed by atoms with Crippen LogP contribution in [0.2, 0.25) is 0 Å². The molecule has 1 aliphatic rings. The van der Waals surface area contributed by atoms with Crippen LogP contribution in [0, 0.1) is 6.92 Å². The number of aliphatic hydroxyl groups excluding tert-OH is 1. The Bertz CT molecular complexity index is 1190. The zero-order chi connectivity index (χ0) is 22.8. The second-order valence-corrected chi connectivity index (χ2v) is 7.41. The second-order valence-electron chi connectivity index (χ2n) is 7.41. The molecule has 1 amide bonds. The Morgan fingerprint density at radius 3 is 2.59 bits per heavy atom. The fourth-order valence-corrected chi connectivity index (χ4v) is 3.65. The van der Waals surface area contributed by atoms with Gasteiger partial charge in [0.2, 0.25) is 0 Å². The zero-order valence-electron chi connectivity index (χ0n) is 18.1. The summed E-state index contributed by atoms with van der Waals surface area (Å²) in [5.74, 6) is -0.931. The molecular weight excluding hydrogens is 412 g/mol. The van der Waals surface area contributed by atoms with Gasteiger partial charge < -0.3 is 20.1 Å². The molecule has 0 fully saturated rings. The number of β-amino-alcohol motifs (C(OH)–C–C–N with tert-alkyl or cyclic N) is 1. The number of rotatable bonds is 7. The van der Waals surface area contributed by atoms with Crippen LogP contribution in [0.5, 0.6) is 0 Å². The number of methoxy groups -OCH3 is 1. The lowest BCUT2D eigenvalue weighted by Gasteiger charge is -2.15. The highest BCUT2D eigenvalue weighted by Gasteiger charge is 2.34. The lowest BCUT2D eigenvalue weighted by atomic mass is 10.2. The molecule has 2 N–H and O–H groups in total. The summed E-state index contributed by atoms with van der Waals surface area (Å²) < 4.78 is 8.32. The second kappa shape index (κ2) is 8.67. The molecule has 0 unspecified atom stereocenters. The molecule has 10 nitrogen and oxygen atoms in total. The van der Waals surface area contributed by atoms with Crippen molar-refractivity contribution < 1.29 is 19.4 Å². The van der Waals surface area contributed by atoms with E-state index >= 15 is 0 Å². The number of esters is 1. The molecule has 1 aliphatic heterocycles. The first-order chi connectivity index (χ1) is 15.4. The quantitative estimate of drug-likeness (QED) is 0.536. The molecule has 1 aromatic carbocycles. The Kier molecular flexibility index (Phi) is 5.78. The number of aromatic nitrogens is 4. The smallest absolute Gasteiger partial charge is 0.337 e. The van der Waals surface area contributed by atoms with Gasteiger partial charge in [-0.25, -0.2) is 9.48 Å². The van der Waals surface area contributed by atoms with E-state index < -0.39 is 5.97 Å². The molecule has 0 saturated heterocycles. The number of nitrogens with zero attached hydrogens (tertiary/aromatic N) is 5. The molecule has 0 aliphatic carbocycles. The summed E-state index contributed by atoms with van der Waals surface area (Å²) in [4.78, 5) is 26.2. The molecule has 166 valence electrons. The number of hydrogen-bond donors (Lipinski definition) is 2. The van der Waals surface area contributed by atoms with E-state index in [4.69, 9.17) is 4.74 Å². The number of carbonyl (C=O) groups excluding carboxylic acids is 2. The predicted octanol–water partition coefficient (Wildman–Crippen LogP) is 1.25. The van der Waals surface area contributed by atoms with E-state index in [0.29, 0.717) is 5.69 Å². The maximum absolute atomic E-state index is 12.7. The molecule has 0 saturated carbocycles. The van der Waals surface area contributed by atoms with Crippen molar-refractivity contribution in [1.29, 1.82) is 0 Å². The Morgan fingerprint density at radius 1 is 1.22 bits per heavy atom. The molecule has 0 atom stereocenters. The van der Waals surface area contributed by atoms with Crippen molar-refractivity contribution >= 4 is 17.6 Å². The van der Waals surface area contributed by atoms with Crippen molar-refractivity contribution in [3.63, 3.8) is 0 Å². The lowest BCUT2D eigenvalue weighted by molar-refractivity contribution is -0.136. The van der Waals surface area contributed by atoms with Crippen LogP contribution in [0.1, 0.15) is 5.69 Å². The van der Waals surface area contributed by atoms with Gasteiger partial charge in [-0.1, -0.05) is 0 Å². The third kappa shape index (κ3) is 4.00. The normalized spacial score (nSPS) is 13.8. The van der Waals surface area contributed by atoms with Crippen molar-refractivity contribution in [3.05, 3.63) is 59.7 Å². The summed E-state index contributed by atoms with van der Waals surface area (Å²) in [7, 11) is 3.14. The van der Waals surface area contributed by atoms with Gasteiger partial charge in [0.25, 0.3) is 5.91 Å². The van der Waals surface area contributed by atoms with E-state index in [1.54, 1.807) is 21.5 Å². The van der Waals surface area contributed by atoms with Gasteiger partial charge in [-0.15, -0.1) is 0 Å². The molecule has 0 radical (unpaired) electrons. The molecule has 0 spiro atoms. The number of aliphatic hydroxyl groups is 1. The van der Waals surface area contributed by atoms with Crippen LogP contribution < -0.4 is 5.32 Å². The minimum Gasteiger partial charge on any atom is -0.466 e. The highest BCUT2D eigenvalue weighted by atomic mass is 16.5. The fourth-order valence-electron chi connectivity index (χ4n) is 3.65. The predicted molar refractivity (Wildman–Crippen MR) is 117 cm³/mol. The first kappa shape index (κ1) is 21.3. The van der Waals surface area contributed by atoms with Crippen molar-refractivity contribution in [2.75, 3.05) is 32.1 Å². The van der Waals surface area contributed by atoms with Crippen molar-refractivity contribution in [3.8, 4) is 16.9 Å². The number of carbonyl (C=O) groups is 2. The van der Waals surface area contributed by atoms with Gasteiger partial charge in [0.05, 0.1) is 42.9 Å². The number of anilines is 1. The maximum atomic E-state index is 12.7. The zero-order valence-corrected chi connectivity index (χ0v) is 18.1. The topological polar surface area (TPSA) is 115 Å². The van der Waals surface area contributed by atoms with E-state index in [0.717, 1.165) is 22.6 Å². The van der Waals surface area contributed by atoms with Crippen LogP contribution in [0.3, 0.4) is 0 Å². The van der Waals surface area contributed by atoms with Gasteiger partial charge in [-0.3, -0.25) is 9.48 Å². The Morgan fingerprint density at radius 2 is 1.97 bits per heavy atom. The standard InChI is InChI=1S/C22H24N6O4/c1-14-17(12-26(2)24-14)19-8-9-28(25-19)16-6-4-15(5-7-16)23-20-18(22(31)32-3)13-27(10-11-29)21(20)30/h4-9,12,23,29H,10-11,13H2,1-3H3. The highest BCUT2D eigenvalue weighted by Crippen LogP contribution is 2.24. The molecular formula is C22H24N6O4. The molecule has 0 bridgehead atoms. The molecule has 3 aromatic rings. The van der Waals surface area contributed by atoms with Gasteiger partial charge in [0.15, 0.2) is 0 Å². The maximum Gasteiger partial charge on any atom is 0.337 e. The third-order valence-electron chi connectivity index (χ3n) is 5.23. The summed E-state index contributed by atoms with van der Waals surface area (Å²) in [5.41, 5.74) is 4.57. The fraction of sp³-hybridized carbons (Fsp3) is 0.273. The van der Waals surface area contributed by atoms with Crippen LogP contribution in [0.15, 0.2) is 54.0 Å². The first-order valence-electron chi connectivity index (χ1n) is 10.1. The first-order valence-corrected chi connectivity index (χ1v) is 10.1. The number of hydrogen-bond acceptors (Lipinski definition) is 7. The minimum absolute atomic E-state index is 0.0936. The van der Waals surface area contributed by atoms with E-state index in [1.165, 1.54) is 12.0 Å². The number of aryl methyl sites for hydroxylation is 2. The van der Waals surface area contributed by atoms with Crippen LogP contribution >= 0.6 is 0 Å².